The lowest BCUT2D eigenvalue weighted by molar-refractivity contribution is -0.219. The number of aliphatic hydroxyl groups excluding tert-OH is 1. The third kappa shape index (κ3) is 7.44. The number of carbonyl (C=O) groups excluding carboxylic acids is 3. The van der Waals surface area contributed by atoms with Crippen LogP contribution in [0.1, 0.15) is 91.9 Å². The molecule has 1 N–H and O–H groups in total. The van der Waals surface area contributed by atoms with E-state index in [4.69, 9.17) is 9.47 Å². The van der Waals surface area contributed by atoms with Crippen LogP contribution >= 0.6 is 0 Å². The largest absolute Gasteiger partial charge is 0.452 e. The van der Waals surface area contributed by atoms with Crippen molar-refractivity contribution >= 4 is 18.2 Å². The highest BCUT2D eigenvalue weighted by molar-refractivity contribution is 5.75. The molecule has 26 heavy (non-hydrogen) atoms. The van der Waals surface area contributed by atoms with Crippen LogP contribution < -0.4 is 0 Å². The van der Waals surface area contributed by atoms with Crippen LogP contribution in [0.2, 0.25) is 0 Å². The zero-order valence-electron chi connectivity index (χ0n) is 16.8. The maximum atomic E-state index is 12.1. The first kappa shape index (κ1) is 24.6. The summed E-state index contributed by atoms with van der Waals surface area (Å²) in [7, 11) is 0. The molecule has 0 aromatic rings. The van der Waals surface area contributed by atoms with Crippen LogP contribution in [0.25, 0.3) is 0 Å². The van der Waals surface area contributed by atoms with Gasteiger partial charge in [-0.15, -0.1) is 0 Å². The number of aliphatic hydroxyl groups is 1. The Bertz CT molecular complexity index is 436. The van der Waals surface area contributed by atoms with Gasteiger partial charge in [-0.1, -0.05) is 52.4 Å². The van der Waals surface area contributed by atoms with Gasteiger partial charge in [-0.3, -0.25) is 14.4 Å². The average molecular weight is 373 g/mol. The molecule has 0 bridgehead atoms. The summed E-state index contributed by atoms with van der Waals surface area (Å²) in [6.07, 6.45) is 8.11. The van der Waals surface area contributed by atoms with Gasteiger partial charge in [0.05, 0.1) is 6.61 Å². The molecule has 152 valence electrons. The van der Waals surface area contributed by atoms with Gasteiger partial charge in [0.25, 0.3) is 0 Å². The summed E-state index contributed by atoms with van der Waals surface area (Å²) < 4.78 is 10.9. The number of esters is 2. The Hall–Kier alpha value is -1.43. The third-order valence-corrected chi connectivity index (χ3v) is 4.72. The fraction of sp³-hybridized carbons (Fsp3) is 0.850. The highest BCUT2D eigenvalue weighted by atomic mass is 16.6. The lowest BCUT2D eigenvalue weighted by Gasteiger charge is -2.44. The van der Waals surface area contributed by atoms with Gasteiger partial charge in [0.2, 0.25) is 5.60 Å². The highest BCUT2D eigenvalue weighted by Crippen LogP contribution is 2.38. The number of unbranched alkanes of at least 4 members (excludes halogenated alkanes) is 6. The predicted octanol–water partition coefficient (Wildman–Crippen LogP) is 3.72. The molecule has 0 saturated carbocycles. The second-order valence-corrected chi connectivity index (χ2v) is 6.97. The topological polar surface area (TPSA) is 89.9 Å². The molecule has 0 fully saturated rings. The minimum Gasteiger partial charge on any atom is -0.452 e. The Morgan fingerprint density at radius 1 is 0.846 bits per heavy atom. The van der Waals surface area contributed by atoms with Crippen LogP contribution in [-0.4, -0.2) is 41.1 Å². The van der Waals surface area contributed by atoms with Crippen molar-refractivity contribution in [3.63, 3.8) is 0 Å². The number of rotatable bonds is 15. The average Bonchev–Trinajstić information content (AvgIpc) is 2.59. The normalized spacial score (nSPS) is 15.6. The molecule has 6 nitrogen and oxygen atoms in total. The number of hydrogen-bond donors (Lipinski definition) is 1. The van der Waals surface area contributed by atoms with E-state index in [0.717, 1.165) is 38.5 Å². The summed E-state index contributed by atoms with van der Waals surface area (Å²) in [5.74, 6) is -1.24. The van der Waals surface area contributed by atoms with Crippen LogP contribution in [0.4, 0.5) is 0 Å². The summed E-state index contributed by atoms with van der Waals surface area (Å²) in [6.45, 7) is 6.03. The van der Waals surface area contributed by atoms with Crippen LogP contribution in [-0.2, 0) is 23.9 Å². The second-order valence-electron chi connectivity index (χ2n) is 6.97. The molecule has 0 radical (unpaired) electrons. The molecule has 0 aromatic heterocycles. The Balaban J connectivity index is 5.72. The van der Waals surface area contributed by atoms with E-state index in [2.05, 4.69) is 13.8 Å². The quantitative estimate of drug-likeness (QED) is 0.268. The number of hydrogen-bond acceptors (Lipinski definition) is 6. The maximum absolute atomic E-state index is 12.1. The van der Waals surface area contributed by atoms with Crippen molar-refractivity contribution in [2.45, 2.75) is 103 Å². The summed E-state index contributed by atoms with van der Waals surface area (Å²) in [5, 5.41) is 10.1. The van der Waals surface area contributed by atoms with Gasteiger partial charge in [0.1, 0.15) is 0 Å². The SMILES string of the molecule is CCCCCCC(C=O)(OC(C)=O)C(CO)(CCCCCC)OC(C)=O. The monoisotopic (exact) mass is 372 g/mol. The Morgan fingerprint density at radius 2 is 1.35 bits per heavy atom. The molecule has 0 aliphatic carbocycles. The van der Waals surface area contributed by atoms with E-state index >= 15 is 0 Å². The molecule has 0 rings (SSSR count). The van der Waals surface area contributed by atoms with Gasteiger partial charge in [0.15, 0.2) is 11.9 Å². The fourth-order valence-corrected chi connectivity index (χ4v) is 3.34. The molecule has 0 heterocycles. The summed E-state index contributed by atoms with van der Waals surface area (Å²) in [6, 6.07) is 0. The van der Waals surface area contributed by atoms with Gasteiger partial charge in [-0.05, 0) is 25.7 Å². The molecule has 2 atom stereocenters. The van der Waals surface area contributed by atoms with Gasteiger partial charge in [0, 0.05) is 13.8 Å². The van der Waals surface area contributed by atoms with Crippen LogP contribution in [0.3, 0.4) is 0 Å². The van der Waals surface area contributed by atoms with Gasteiger partial charge in [-0.25, -0.2) is 0 Å². The molecule has 6 heteroatoms. The van der Waals surface area contributed by atoms with Crippen molar-refractivity contribution in [1.82, 2.24) is 0 Å². The van der Waals surface area contributed by atoms with E-state index in [0.29, 0.717) is 19.1 Å². The van der Waals surface area contributed by atoms with Crippen LogP contribution in [0.15, 0.2) is 0 Å². The van der Waals surface area contributed by atoms with Gasteiger partial charge < -0.3 is 14.6 Å². The number of ether oxygens (including phenoxy) is 2. The van der Waals surface area contributed by atoms with E-state index in [-0.39, 0.29) is 12.8 Å². The van der Waals surface area contributed by atoms with Crippen molar-refractivity contribution in [3.8, 4) is 0 Å². The summed E-state index contributed by atoms with van der Waals surface area (Å²) >= 11 is 0. The molecule has 0 aromatic carbocycles. The zero-order chi connectivity index (χ0) is 20.1. The molecular weight excluding hydrogens is 336 g/mol. The lowest BCUT2D eigenvalue weighted by Crippen LogP contribution is -2.62. The second kappa shape index (κ2) is 12.8. The molecule has 0 amide bonds. The predicted molar refractivity (Wildman–Crippen MR) is 99.7 cm³/mol. The van der Waals surface area contributed by atoms with Crippen LogP contribution in [0, 0.1) is 0 Å². The van der Waals surface area contributed by atoms with E-state index in [1.807, 2.05) is 0 Å². The first-order chi connectivity index (χ1) is 12.3. The van der Waals surface area contributed by atoms with Crippen molar-refractivity contribution < 1.29 is 29.0 Å². The van der Waals surface area contributed by atoms with Crippen molar-refractivity contribution in [3.05, 3.63) is 0 Å². The van der Waals surface area contributed by atoms with E-state index in [1.54, 1.807) is 0 Å². The lowest BCUT2D eigenvalue weighted by atomic mass is 9.76. The third-order valence-electron chi connectivity index (χ3n) is 4.72. The minimum atomic E-state index is -1.67. The zero-order valence-corrected chi connectivity index (χ0v) is 16.8. The Morgan fingerprint density at radius 3 is 1.73 bits per heavy atom. The van der Waals surface area contributed by atoms with E-state index in [1.165, 1.54) is 13.8 Å². The molecule has 0 saturated heterocycles. The Kier molecular flexibility index (Phi) is 12.1. The number of aldehydes is 1. The molecule has 0 spiro atoms. The fourth-order valence-electron chi connectivity index (χ4n) is 3.34. The van der Waals surface area contributed by atoms with Crippen molar-refractivity contribution in [1.29, 1.82) is 0 Å². The summed E-state index contributed by atoms with van der Waals surface area (Å²) in [4.78, 5) is 35.6. The van der Waals surface area contributed by atoms with E-state index in [9.17, 15) is 19.5 Å². The molecular formula is C20H36O6. The van der Waals surface area contributed by atoms with Crippen LogP contribution in [0.5, 0.6) is 0 Å². The molecule has 0 aliphatic heterocycles. The maximum Gasteiger partial charge on any atom is 0.303 e. The molecule has 2 unspecified atom stereocenters. The highest BCUT2D eigenvalue weighted by Gasteiger charge is 2.56. The van der Waals surface area contributed by atoms with Gasteiger partial charge in [-0.2, -0.15) is 0 Å². The first-order valence-electron chi connectivity index (χ1n) is 9.79. The standard InChI is InChI=1S/C20H36O6/c1-5-7-9-11-13-19(15-21,25-17(3)23)20(16-22,26-18(4)24)14-12-10-8-6-2/h15,22H,5-14,16H2,1-4H3. The van der Waals surface area contributed by atoms with Crippen molar-refractivity contribution in [2.24, 2.45) is 0 Å². The molecule has 0 aliphatic rings. The van der Waals surface area contributed by atoms with E-state index < -0.39 is 29.7 Å². The first-order valence-corrected chi connectivity index (χ1v) is 9.79. The summed E-state index contributed by atoms with van der Waals surface area (Å²) in [5.41, 5.74) is -3.22. The number of carbonyl (C=O) groups is 3. The van der Waals surface area contributed by atoms with Gasteiger partial charge >= 0.3 is 11.9 Å². The Labute approximate surface area is 157 Å². The van der Waals surface area contributed by atoms with Crippen molar-refractivity contribution in [2.75, 3.05) is 6.61 Å². The smallest absolute Gasteiger partial charge is 0.303 e. The minimum absolute atomic E-state index is 0.220.